The first-order chi connectivity index (χ1) is 13.2. The Hall–Kier alpha value is -2.64. The number of anilines is 1. The Bertz CT molecular complexity index is 947. The molecule has 1 saturated heterocycles. The van der Waals surface area contributed by atoms with Crippen molar-refractivity contribution in [3.05, 3.63) is 53.0 Å². The third kappa shape index (κ3) is 3.89. The molecule has 0 atom stereocenters. The molecule has 6 nitrogen and oxygen atoms in total. The largest absolute Gasteiger partial charge is 0.352 e. The molecule has 8 heteroatoms. The number of urea groups is 1. The number of hydrogen-bond donors (Lipinski definition) is 2. The summed E-state index contributed by atoms with van der Waals surface area (Å²) >= 11 is 8.01. The second kappa shape index (κ2) is 7.94. The zero-order chi connectivity index (χ0) is 18.6. The lowest BCUT2D eigenvalue weighted by atomic mass is 10.0. The predicted octanol–water partition coefficient (Wildman–Crippen LogP) is 3.96. The average molecular weight is 400 g/mol. The highest BCUT2D eigenvalue weighted by atomic mass is 35.5. The smallest absolute Gasteiger partial charge is 0.317 e. The quantitative estimate of drug-likeness (QED) is 0.658. The van der Waals surface area contributed by atoms with E-state index in [1.54, 1.807) is 22.4 Å². The van der Waals surface area contributed by atoms with Crippen molar-refractivity contribution in [3.63, 3.8) is 0 Å². The van der Waals surface area contributed by atoms with Crippen LogP contribution in [0.3, 0.4) is 0 Å². The highest BCUT2D eigenvalue weighted by molar-refractivity contribution is 7.13. The van der Waals surface area contributed by atoms with E-state index in [4.69, 9.17) is 16.6 Å². The predicted molar refractivity (Wildman–Crippen MR) is 109 cm³/mol. The minimum absolute atomic E-state index is 0.0222. The van der Waals surface area contributed by atoms with Crippen molar-refractivity contribution < 1.29 is 4.79 Å². The van der Waals surface area contributed by atoms with Crippen LogP contribution in [0.5, 0.6) is 0 Å². The van der Waals surface area contributed by atoms with Crippen molar-refractivity contribution in [3.8, 4) is 21.7 Å². The number of carbonyl (C=O) groups excluding carboxylic acids is 1. The third-order valence-corrected chi connectivity index (χ3v) is 5.52. The van der Waals surface area contributed by atoms with E-state index in [1.165, 1.54) is 0 Å². The van der Waals surface area contributed by atoms with Crippen LogP contribution in [0, 0.1) is 0 Å². The SMILES string of the molecule is O=C1NCCN1CCNc1ncc(-c2ccccc2Cl)c(-c2cccs2)n1. The Morgan fingerprint density at radius 2 is 2.11 bits per heavy atom. The number of benzene rings is 1. The molecule has 0 radical (unpaired) electrons. The first kappa shape index (κ1) is 17.8. The number of thiophene rings is 1. The molecule has 0 unspecified atom stereocenters. The van der Waals surface area contributed by atoms with E-state index in [1.807, 2.05) is 41.8 Å². The van der Waals surface area contributed by atoms with Gasteiger partial charge in [0.25, 0.3) is 0 Å². The molecule has 4 rings (SSSR count). The molecule has 0 aliphatic carbocycles. The van der Waals surface area contributed by atoms with Gasteiger partial charge in [0.15, 0.2) is 0 Å². The van der Waals surface area contributed by atoms with Crippen LogP contribution in [0.2, 0.25) is 5.02 Å². The summed E-state index contributed by atoms with van der Waals surface area (Å²) in [5.74, 6) is 0.536. The summed E-state index contributed by atoms with van der Waals surface area (Å²) in [6.07, 6.45) is 1.80. The molecule has 1 aromatic carbocycles. The lowest BCUT2D eigenvalue weighted by Gasteiger charge is -2.15. The minimum atomic E-state index is -0.0222. The monoisotopic (exact) mass is 399 g/mol. The van der Waals surface area contributed by atoms with Crippen molar-refractivity contribution >= 4 is 34.9 Å². The van der Waals surface area contributed by atoms with Gasteiger partial charge in [-0.05, 0) is 17.5 Å². The van der Waals surface area contributed by atoms with Gasteiger partial charge in [-0.3, -0.25) is 0 Å². The van der Waals surface area contributed by atoms with E-state index >= 15 is 0 Å². The summed E-state index contributed by atoms with van der Waals surface area (Å²) in [5, 5.41) is 8.70. The van der Waals surface area contributed by atoms with Crippen molar-refractivity contribution in [2.24, 2.45) is 0 Å². The topological polar surface area (TPSA) is 70.2 Å². The number of halogens is 1. The molecule has 1 aliphatic heterocycles. The van der Waals surface area contributed by atoms with Crippen LogP contribution in [0.15, 0.2) is 48.0 Å². The normalized spacial score (nSPS) is 13.7. The zero-order valence-corrected chi connectivity index (χ0v) is 16.1. The van der Waals surface area contributed by atoms with E-state index in [0.29, 0.717) is 30.6 Å². The van der Waals surface area contributed by atoms with Gasteiger partial charge in [-0.1, -0.05) is 35.9 Å². The Kier molecular flexibility index (Phi) is 5.22. The standard InChI is InChI=1S/C19H18ClN5OS/c20-15-5-2-1-4-13(15)14-12-23-18(24-17(14)16-6-3-11-27-16)21-7-9-25-10-8-22-19(25)26/h1-6,11-12H,7-10H2,(H,22,26)(H,21,23,24). The molecule has 3 heterocycles. The number of amides is 2. The average Bonchev–Trinajstić information content (AvgIpc) is 3.35. The molecule has 27 heavy (non-hydrogen) atoms. The highest BCUT2D eigenvalue weighted by Crippen LogP contribution is 2.36. The van der Waals surface area contributed by atoms with Crippen LogP contribution in [0.25, 0.3) is 21.7 Å². The number of aromatic nitrogens is 2. The van der Waals surface area contributed by atoms with E-state index in [9.17, 15) is 4.79 Å². The maximum Gasteiger partial charge on any atom is 0.317 e. The Morgan fingerprint density at radius 1 is 1.22 bits per heavy atom. The minimum Gasteiger partial charge on any atom is -0.352 e. The molecule has 1 fully saturated rings. The maximum absolute atomic E-state index is 11.6. The Balaban J connectivity index is 1.59. The molecule has 0 spiro atoms. The fourth-order valence-electron chi connectivity index (χ4n) is 2.97. The molecular weight excluding hydrogens is 382 g/mol. The number of nitrogens with one attached hydrogen (secondary N) is 2. The van der Waals surface area contributed by atoms with Crippen molar-refractivity contribution in [2.45, 2.75) is 0 Å². The van der Waals surface area contributed by atoms with Crippen LogP contribution < -0.4 is 10.6 Å². The molecule has 2 N–H and O–H groups in total. The number of carbonyl (C=O) groups is 1. The van der Waals surface area contributed by atoms with Gasteiger partial charge in [0.05, 0.1) is 10.6 Å². The summed E-state index contributed by atoms with van der Waals surface area (Å²) in [6.45, 7) is 2.62. The first-order valence-electron chi connectivity index (χ1n) is 8.65. The highest BCUT2D eigenvalue weighted by Gasteiger charge is 2.19. The van der Waals surface area contributed by atoms with Gasteiger partial charge in [0, 0.05) is 48.5 Å². The number of rotatable bonds is 6. The summed E-state index contributed by atoms with van der Waals surface area (Å²) in [6, 6.07) is 11.7. The van der Waals surface area contributed by atoms with Gasteiger partial charge in [0.2, 0.25) is 5.95 Å². The Labute approximate surface area is 166 Å². The molecule has 3 aromatic rings. The van der Waals surface area contributed by atoms with Crippen molar-refractivity contribution in [1.29, 1.82) is 0 Å². The van der Waals surface area contributed by atoms with Crippen molar-refractivity contribution in [1.82, 2.24) is 20.2 Å². The fourth-order valence-corrected chi connectivity index (χ4v) is 3.94. The van der Waals surface area contributed by atoms with Crippen LogP contribution in [-0.2, 0) is 0 Å². The zero-order valence-electron chi connectivity index (χ0n) is 14.5. The van der Waals surface area contributed by atoms with Gasteiger partial charge >= 0.3 is 6.03 Å². The van der Waals surface area contributed by atoms with Crippen LogP contribution >= 0.6 is 22.9 Å². The molecule has 138 valence electrons. The number of hydrogen-bond acceptors (Lipinski definition) is 5. The third-order valence-electron chi connectivity index (χ3n) is 4.32. The van der Waals surface area contributed by atoms with E-state index < -0.39 is 0 Å². The molecular formula is C19H18ClN5OS. The van der Waals surface area contributed by atoms with Crippen molar-refractivity contribution in [2.75, 3.05) is 31.5 Å². The Morgan fingerprint density at radius 3 is 2.85 bits per heavy atom. The second-order valence-electron chi connectivity index (χ2n) is 6.06. The fraction of sp³-hybridized carbons (Fsp3) is 0.211. The van der Waals surface area contributed by atoms with Gasteiger partial charge in [-0.2, -0.15) is 0 Å². The summed E-state index contributed by atoms with van der Waals surface area (Å²) in [4.78, 5) is 23.6. The molecule has 2 amide bonds. The second-order valence-corrected chi connectivity index (χ2v) is 7.41. The van der Waals surface area contributed by atoms with E-state index in [0.717, 1.165) is 28.2 Å². The lowest BCUT2D eigenvalue weighted by molar-refractivity contribution is 0.219. The van der Waals surface area contributed by atoms with E-state index in [2.05, 4.69) is 15.6 Å². The number of nitrogens with zero attached hydrogens (tertiary/aromatic N) is 3. The van der Waals surface area contributed by atoms with Crippen LogP contribution in [0.1, 0.15) is 0 Å². The molecule has 1 aliphatic rings. The molecule has 2 aromatic heterocycles. The summed E-state index contributed by atoms with van der Waals surface area (Å²) in [5.41, 5.74) is 2.64. The van der Waals surface area contributed by atoms with E-state index in [-0.39, 0.29) is 6.03 Å². The van der Waals surface area contributed by atoms with Crippen LogP contribution in [0.4, 0.5) is 10.7 Å². The van der Waals surface area contributed by atoms with Gasteiger partial charge in [0.1, 0.15) is 0 Å². The maximum atomic E-state index is 11.6. The first-order valence-corrected chi connectivity index (χ1v) is 9.90. The van der Waals surface area contributed by atoms with Gasteiger partial charge in [-0.15, -0.1) is 11.3 Å². The summed E-state index contributed by atoms with van der Waals surface area (Å²) in [7, 11) is 0. The van der Waals surface area contributed by atoms with Gasteiger partial charge < -0.3 is 15.5 Å². The lowest BCUT2D eigenvalue weighted by Crippen LogP contribution is -2.32. The van der Waals surface area contributed by atoms with Gasteiger partial charge in [-0.25, -0.2) is 14.8 Å². The van der Waals surface area contributed by atoms with Crippen LogP contribution in [-0.4, -0.2) is 47.1 Å². The summed E-state index contributed by atoms with van der Waals surface area (Å²) < 4.78 is 0. The molecule has 0 bridgehead atoms. The molecule has 0 saturated carbocycles.